The quantitative estimate of drug-likeness (QED) is 0.863. The molecule has 0 aliphatic carbocycles. The third-order valence-electron chi connectivity index (χ3n) is 4.36. The predicted molar refractivity (Wildman–Crippen MR) is 81.7 cm³/mol. The van der Waals surface area contributed by atoms with Crippen LogP contribution in [0.15, 0.2) is 6.07 Å². The van der Waals surface area contributed by atoms with E-state index in [4.69, 9.17) is 0 Å². The Morgan fingerprint density at radius 3 is 2.83 bits per heavy atom. The lowest BCUT2D eigenvalue weighted by Gasteiger charge is -2.27. The highest BCUT2D eigenvalue weighted by atomic mass is 16.2. The van der Waals surface area contributed by atoms with Crippen LogP contribution in [0.3, 0.4) is 0 Å². The molecule has 3 heterocycles. The summed E-state index contributed by atoms with van der Waals surface area (Å²) in [5.74, 6) is -0.490. The number of nitrogens with zero attached hydrogens (tertiary/aromatic N) is 4. The summed E-state index contributed by atoms with van der Waals surface area (Å²) >= 11 is 0. The Balaban J connectivity index is 1.62. The number of carbonyl (C=O) groups excluding carboxylic acids is 3. The van der Waals surface area contributed by atoms with Crippen molar-refractivity contribution in [3.05, 3.63) is 17.5 Å². The molecule has 0 unspecified atom stereocenters. The monoisotopic (exact) mass is 319 g/mol. The summed E-state index contributed by atoms with van der Waals surface area (Å²) in [5.41, 5.74) is 2.04. The molecule has 0 bridgehead atoms. The van der Waals surface area contributed by atoms with Gasteiger partial charge in [0.1, 0.15) is 6.54 Å². The molecule has 0 aromatic carbocycles. The summed E-state index contributed by atoms with van der Waals surface area (Å²) in [6, 6.07) is 1.68. The molecule has 1 aromatic heterocycles. The number of imide groups is 1. The number of amides is 4. The van der Waals surface area contributed by atoms with Crippen LogP contribution in [0.25, 0.3) is 0 Å². The van der Waals surface area contributed by atoms with E-state index in [1.807, 2.05) is 24.6 Å². The number of aromatic nitrogens is 2. The maximum atomic E-state index is 12.4. The van der Waals surface area contributed by atoms with E-state index in [-0.39, 0.29) is 30.8 Å². The van der Waals surface area contributed by atoms with Crippen molar-refractivity contribution in [1.29, 1.82) is 0 Å². The standard InChI is InChI=1S/C15H21N5O3/c1-10-7-11(2)20(17-10)12-4-6-18(8-12)14(22)9-19-13(21)3-5-16-15(19)23/h7,12H,3-6,8-9H2,1-2H3,(H,16,23)/t12-/m0/s1. The third kappa shape index (κ3) is 3.06. The highest BCUT2D eigenvalue weighted by molar-refractivity contribution is 6.00. The zero-order chi connectivity index (χ0) is 16.6. The summed E-state index contributed by atoms with van der Waals surface area (Å²) in [4.78, 5) is 38.6. The van der Waals surface area contributed by atoms with Crippen molar-refractivity contribution in [3.8, 4) is 0 Å². The first-order chi connectivity index (χ1) is 11.0. The molecule has 124 valence electrons. The summed E-state index contributed by atoms with van der Waals surface area (Å²) in [6.07, 6.45) is 1.07. The van der Waals surface area contributed by atoms with Gasteiger partial charge in [-0.3, -0.25) is 19.2 Å². The number of rotatable bonds is 3. The van der Waals surface area contributed by atoms with Crippen LogP contribution in [-0.4, -0.2) is 63.6 Å². The molecule has 8 heteroatoms. The summed E-state index contributed by atoms with van der Waals surface area (Å²) in [6.45, 7) is 5.28. The van der Waals surface area contributed by atoms with Crippen molar-refractivity contribution in [2.75, 3.05) is 26.2 Å². The highest BCUT2D eigenvalue weighted by Gasteiger charge is 2.33. The second kappa shape index (κ2) is 6.02. The molecule has 0 radical (unpaired) electrons. The van der Waals surface area contributed by atoms with Gasteiger partial charge in [-0.15, -0.1) is 0 Å². The minimum absolute atomic E-state index is 0.151. The van der Waals surface area contributed by atoms with Crippen molar-refractivity contribution < 1.29 is 14.4 Å². The Bertz CT molecular complexity index is 638. The lowest BCUT2D eigenvalue weighted by molar-refractivity contribution is -0.138. The Morgan fingerprint density at radius 2 is 2.17 bits per heavy atom. The number of carbonyl (C=O) groups is 3. The maximum absolute atomic E-state index is 12.4. The van der Waals surface area contributed by atoms with Crippen LogP contribution in [0, 0.1) is 13.8 Å². The molecule has 1 aromatic rings. The molecule has 8 nitrogen and oxygen atoms in total. The average molecular weight is 319 g/mol. The van der Waals surface area contributed by atoms with Gasteiger partial charge in [-0.25, -0.2) is 4.79 Å². The van der Waals surface area contributed by atoms with Crippen LogP contribution in [0.2, 0.25) is 0 Å². The van der Waals surface area contributed by atoms with Gasteiger partial charge in [0.05, 0.1) is 11.7 Å². The van der Waals surface area contributed by atoms with Gasteiger partial charge in [0.25, 0.3) is 0 Å². The normalized spacial score (nSPS) is 21.7. The molecule has 3 rings (SSSR count). The topological polar surface area (TPSA) is 87.5 Å². The Morgan fingerprint density at radius 1 is 1.39 bits per heavy atom. The van der Waals surface area contributed by atoms with Gasteiger partial charge in [-0.2, -0.15) is 5.10 Å². The molecule has 1 atom stereocenters. The third-order valence-corrected chi connectivity index (χ3v) is 4.36. The number of hydrogen-bond donors (Lipinski definition) is 1. The molecule has 2 saturated heterocycles. The molecular formula is C15H21N5O3. The van der Waals surface area contributed by atoms with Gasteiger partial charge in [0, 0.05) is 31.7 Å². The van der Waals surface area contributed by atoms with Crippen molar-refractivity contribution in [2.24, 2.45) is 0 Å². The van der Waals surface area contributed by atoms with E-state index in [0.717, 1.165) is 22.7 Å². The molecule has 4 amide bonds. The molecule has 0 saturated carbocycles. The Labute approximate surface area is 134 Å². The highest BCUT2D eigenvalue weighted by Crippen LogP contribution is 2.23. The first-order valence-electron chi connectivity index (χ1n) is 7.84. The van der Waals surface area contributed by atoms with Gasteiger partial charge >= 0.3 is 6.03 Å². The molecule has 2 aliphatic rings. The first-order valence-corrected chi connectivity index (χ1v) is 7.84. The van der Waals surface area contributed by atoms with Gasteiger partial charge in [-0.05, 0) is 26.3 Å². The molecular weight excluding hydrogens is 298 g/mol. The zero-order valence-electron chi connectivity index (χ0n) is 13.4. The van der Waals surface area contributed by atoms with Crippen LogP contribution in [0.5, 0.6) is 0 Å². The molecule has 1 N–H and O–H groups in total. The van der Waals surface area contributed by atoms with Crippen LogP contribution in [0.1, 0.15) is 30.3 Å². The lowest BCUT2D eigenvalue weighted by Crippen LogP contribution is -2.53. The van der Waals surface area contributed by atoms with Crippen molar-refractivity contribution in [3.63, 3.8) is 0 Å². The van der Waals surface area contributed by atoms with E-state index in [2.05, 4.69) is 10.4 Å². The van der Waals surface area contributed by atoms with E-state index < -0.39 is 6.03 Å². The minimum Gasteiger partial charge on any atom is -0.339 e. The van der Waals surface area contributed by atoms with E-state index in [0.29, 0.717) is 19.6 Å². The summed E-state index contributed by atoms with van der Waals surface area (Å²) in [7, 11) is 0. The van der Waals surface area contributed by atoms with Gasteiger partial charge in [0.2, 0.25) is 11.8 Å². The number of urea groups is 1. The van der Waals surface area contributed by atoms with Crippen molar-refractivity contribution in [1.82, 2.24) is 24.9 Å². The SMILES string of the molecule is Cc1cc(C)n([C@H]2CCN(C(=O)CN3C(=O)CCNC3=O)C2)n1. The Kier molecular flexibility index (Phi) is 4.06. The maximum Gasteiger partial charge on any atom is 0.324 e. The average Bonchev–Trinajstić information content (AvgIpc) is 3.09. The lowest BCUT2D eigenvalue weighted by atomic mass is 10.2. The fourth-order valence-corrected chi connectivity index (χ4v) is 3.20. The van der Waals surface area contributed by atoms with Gasteiger partial charge < -0.3 is 10.2 Å². The van der Waals surface area contributed by atoms with Crippen LogP contribution in [0.4, 0.5) is 4.79 Å². The Hall–Kier alpha value is -2.38. The second-order valence-electron chi connectivity index (χ2n) is 6.12. The molecule has 2 fully saturated rings. The van der Waals surface area contributed by atoms with Crippen LogP contribution in [-0.2, 0) is 9.59 Å². The number of likely N-dealkylation sites (tertiary alicyclic amines) is 1. The second-order valence-corrected chi connectivity index (χ2v) is 6.12. The van der Waals surface area contributed by atoms with Crippen molar-refractivity contribution >= 4 is 17.8 Å². The van der Waals surface area contributed by atoms with Gasteiger partial charge in [0.15, 0.2) is 0 Å². The zero-order valence-corrected chi connectivity index (χ0v) is 13.4. The van der Waals surface area contributed by atoms with E-state index in [1.165, 1.54) is 0 Å². The molecule has 23 heavy (non-hydrogen) atoms. The van der Waals surface area contributed by atoms with Crippen LogP contribution < -0.4 is 5.32 Å². The summed E-state index contributed by atoms with van der Waals surface area (Å²) < 4.78 is 1.96. The smallest absolute Gasteiger partial charge is 0.324 e. The molecule has 0 spiro atoms. The minimum atomic E-state index is -0.483. The van der Waals surface area contributed by atoms with Crippen LogP contribution >= 0.6 is 0 Å². The number of aryl methyl sites for hydroxylation is 2. The fraction of sp³-hybridized carbons (Fsp3) is 0.600. The number of nitrogens with one attached hydrogen (secondary N) is 1. The van der Waals surface area contributed by atoms with Gasteiger partial charge in [-0.1, -0.05) is 0 Å². The predicted octanol–water partition coefficient (Wildman–Crippen LogP) is 0.215. The summed E-state index contributed by atoms with van der Waals surface area (Å²) in [5, 5.41) is 7.06. The largest absolute Gasteiger partial charge is 0.339 e. The number of hydrogen-bond acceptors (Lipinski definition) is 4. The van der Waals surface area contributed by atoms with E-state index in [9.17, 15) is 14.4 Å². The van der Waals surface area contributed by atoms with E-state index >= 15 is 0 Å². The fourth-order valence-electron chi connectivity index (χ4n) is 3.20. The first kappa shape index (κ1) is 15.5. The molecule has 2 aliphatic heterocycles. The van der Waals surface area contributed by atoms with Crippen molar-refractivity contribution in [2.45, 2.75) is 32.7 Å². The van der Waals surface area contributed by atoms with E-state index in [1.54, 1.807) is 4.90 Å².